The Balaban J connectivity index is 1.41. The van der Waals surface area contributed by atoms with Crippen molar-refractivity contribution in [3.63, 3.8) is 0 Å². The lowest BCUT2D eigenvalue weighted by Crippen LogP contribution is -2.60. The van der Waals surface area contributed by atoms with Crippen molar-refractivity contribution in [2.45, 2.75) is 88.5 Å². The van der Waals surface area contributed by atoms with Gasteiger partial charge in [0.25, 0.3) is 5.91 Å². The number of hydrogen-bond acceptors (Lipinski definition) is 11. The Hall–Kier alpha value is -5.16. The molecule has 8 N–H and O–H groups in total. The number of anilines is 1. The Morgan fingerprint density at radius 3 is 2.13 bits per heavy atom. The van der Waals surface area contributed by atoms with E-state index in [0.717, 1.165) is 0 Å². The lowest BCUT2D eigenvalue weighted by molar-refractivity contribution is -0.286. The summed E-state index contributed by atoms with van der Waals surface area (Å²) in [5.41, 5.74) is 3.82. The third-order valence-electron chi connectivity index (χ3n) is 9.08. The number of phenols is 1. The minimum absolute atomic E-state index is 0.0246. The molecule has 0 aliphatic carbocycles. The van der Waals surface area contributed by atoms with Crippen LogP contribution in [0.1, 0.15) is 55.1 Å². The SMILES string of the molecule is CC(C)c1c(C(=O)Nc2ccc(O)cc2)c(-c2ccccc2)c(-c2ccc(F)cc2)n1CC[C@@H](O)C[C@@H](O)CC(=O)O[C@H]1OC(C(=O)O)[C@H](O)[C@@H](O)[C@H]1O. The van der Waals surface area contributed by atoms with Crippen LogP contribution in [0.3, 0.4) is 0 Å². The maximum absolute atomic E-state index is 14.3. The van der Waals surface area contributed by atoms with Crippen molar-refractivity contribution >= 4 is 23.5 Å². The molecule has 288 valence electrons. The summed E-state index contributed by atoms with van der Waals surface area (Å²) in [5.74, 6) is -3.92. The van der Waals surface area contributed by atoms with Gasteiger partial charge < -0.3 is 55.1 Å². The summed E-state index contributed by atoms with van der Waals surface area (Å²) in [4.78, 5) is 38.2. The Bertz CT molecular complexity index is 1920. The Kier molecular flexibility index (Phi) is 12.8. The zero-order valence-electron chi connectivity index (χ0n) is 29.4. The maximum Gasteiger partial charge on any atom is 0.335 e. The van der Waals surface area contributed by atoms with Gasteiger partial charge in [-0.15, -0.1) is 0 Å². The van der Waals surface area contributed by atoms with Gasteiger partial charge in [0.05, 0.1) is 29.9 Å². The number of nitrogens with one attached hydrogen (secondary N) is 1. The van der Waals surface area contributed by atoms with E-state index in [0.29, 0.717) is 39.3 Å². The van der Waals surface area contributed by atoms with E-state index < -0.39 is 73.0 Å². The summed E-state index contributed by atoms with van der Waals surface area (Å²) in [5, 5.41) is 73.7. The molecule has 14 nitrogen and oxygen atoms in total. The molecule has 0 bridgehead atoms. The van der Waals surface area contributed by atoms with Gasteiger partial charge in [-0.1, -0.05) is 44.2 Å². The number of ether oxygens (including phenoxy) is 2. The minimum atomic E-state index is -1.99. The second-order valence-corrected chi connectivity index (χ2v) is 13.4. The summed E-state index contributed by atoms with van der Waals surface area (Å²) >= 11 is 0. The van der Waals surface area contributed by atoms with E-state index >= 15 is 0 Å². The van der Waals surface area contributed by atoms with Crippen LogP contribution >= 0.6 is 0 Å². The number of aliphatic hydroxyl groups is 5. The number of hydrogen-bond donors (Lipinski definition) is 8. The van der Waals surface area contributed by atoms with E-state index in [9.17, 15) is 54.5 Å². The Labute approximate surface area is 309 Å². The van der Waals surface area contributed by atoms with Gasteiger partial charge in [0, 0.05) is 23.5 Å². The van der Waals surface area contributed by atoms with Crippen LogP contribution in [0.15, 0.2) is 78.9 Å². The zero-order valence-corrected chi connectivity index (χ0v) is 29.4. The number of nitrogens with zero attached hydrogens (tertiary/aromatic N) is 1. The molecule has 1 saturated heterocycles. The topological polar surface area (TPSA) is 228 Å². The molecular weight excluding hydrogens is 707 g/mol. The van der Waals surface area contributed by atoms with Crippen molar-refractivity contribution in [2.24, 2.45) is 0 Å². The third-order valence-corrected chi connectivity index (χ3v) is 9.08. The smallest absolute Gasteiger partial charge is 0.335 e. The number of aromatic hydroxyl groups is 1. The molecule has 0 spiro atoms. The van der Waals surface area contributed by atoms with Gasteiger partial charge in [0.2, 0.25) is 6.29 Å². The number of carboxylic acid groups (broad SMARTS) is 1. The number of carboxylic acids is 1. The normalized spacial score (nSPS) is 21.0. The number of amides is 1. The zero-order chi connectivity index (χ0) is 39.3. The summed E-state index contributed by atoms with van der Waals surface area (Å²) in [6.45, 7) is 3.93. The molecule has 0 radical (unpaired) electrons. The molecule has 1 unspecified atom stereocenters. The van der Waals surface area contributed by atoms with Crippen LogP contribution in [-0.2, 0) is 25.6 Å². The monoisotopic (exact) mass is 750 g/mol. The molecule has 2 heterocycles. The number of benzene rings is 3. The molecule has 1 aliphatic rings. The van der Waals surface area contributed by atoms with Crippen molar-refractivity contribution in [3.05, 3.63) is 95.9 Å². The van der Waals surface area contributed by atoms with E-state index in [-0.39, 0.29) is 31.1 Å². The summed E-state index contributed by atoms with van der Waals surface area (Å²) in [6, 6.07) is 21.0. The first-order chi connectivity index (χ1) is 25.7. The molecule has 1 aromatic heterocycles. The van der Waals surface area contributed by atoms with Crippen molar-refractivity contribution in [1.82, 2.24) is 4.57 Å². The first kappa shape index (κ1) is 40.0. The third kappa shape index (κ3) is 9.13. The minimum Gasteiger partial charge on any atom is -0.508 e. The fraction of sp³-hybridized carbons (Fsp3) is 0.359. The lowest BCUT2D eigenvalue weighted by Gasteiger charge is -2.38. The predicted octanol–water partition coefficient (Wildman–Crippen LogP) is 3.37. The van der Waals surface area contributed by atoms with Gasteiger partial charge in [0.1, 0.15) is 29.9 Å². The largest absolute Gasteiger partial charge is 0.508 e. The van der Waals surface area contributed by atoms with Crippen LogP contribution in [0.25, 0.3) is 22.4 Å². The number of halogens is 1. The van der Waals surface area contributed by atoms with E-state index in [1.165, 1.54) is 24.3 Å². The summed E-state index contributed by atoms with van der Waals surface area (Å²) < 4.78 is 26.0. The lowest BCUT2D eigenvalue weighted by atomic mass is 9.94. The number of rotatable bonds is 14. The number of esters is 1. The second kappa shape index (κ2) is 17.3. The quantitative estimate of drug-likeness (QED) is 0.0686. The van der Waals surface area contributed by atoms with Crippen molar-refractivity contribution in [1.29, 1.82) is 0 Å². The first-order valence-corrected chi connectivity index (χ1v) is 17.3. The highest BCUT2D eigenvalue weighted by Crippen LogP contribution is 2.43. The van der Waals surface area contributed by atoms with E-state index in [4.69, 9.17) is 9.47 Å². The van der Waals surface area contributed by atoms with Gasteiger partial charge in [0.15, 0.2) is 6.10 Å². The van der Waals surface area contributed by atoms with E-state index in [1.807, 2.05) is 48.7 Å². The molecule has 15 heteroatoms. The van der Waals surface area contributed by atoms with Gasteiger partial charge >= 0.3 is 11.9 Å². The van der Waals surface area contributed by atoms with Crippen LogP contribution in [0, 0.1) is 5.82 Å². The summed E-state index contributed by atoms with van der Waals surface area (Å²) in [6.07, 6.45) is -13.5. The molecule has 7 atom stereocenters. The van der Waals surface area contributed by atoms with Gasteiger partial charge in [-0.05, 0) is 78.4 Å². The van der Waals surface area contributed by atoms with Crippen LogP contribution in [-0.4, -0.2) is 101 Å². The fourth-order valence-electron chi connectivity index (χ4n) is 6.54. The van der Waals surface area contributed by atoms with Crippen molar-refractivity contribution in [3.8, 4) is 28.1 Å². The molecule has 1 aliphatic heterocycles. The number of aliphatic hydroxyl groups excluding tert-OH is 5. The number of aromatic nitrogens is 1. The molecule has 1 amide bonds. The Morgan fingerprint density at radius 2 is 1.52 bits per heavy atom. The van der Waals surface area contributed by atoms with Crippen molar-refractivity contribution < 1.29 is 64.0 Å². The van der Waals surface area contributed by atoms with Crippen LogP contribution < -0.4 is 5.32 Å². The number of carbonyl (C=O) groups excluding carboxylic acids is 2. The number of aliphatic carboxylic acids is 1. The van der Waals surface area contributed by atoms with Gasteiger partial charge in [-0.3, -0.25) is 9.59 Å². The highest BCUT2D eigenvalue weighted by atomic mass is 19.1. The molecule has 4 aromatic rings. The van der Waals surface area contributed by atoms with Crippen LogP contribution in [0.5, 0.6) is 5.75 Å². The summed E-state index contributed by atoms with van der Waals surface area (Å²) in [7, 11) is 0. The molecule has 5 rings (SSSR count). The number of phenolic OH excluding ortho intramolecular Hbond substituents is 1. The highest BCUT2D eigenvalue weighted by molar-refractivity contribution is 6.12. The molecule has 0 saturated carbocycles. The molecule has 3 aromatic carbocycles. The van der Waals surface area contributed by atoms with E-state index in [1.54, 1.807) is 24.3 Å². The molecule has 1 fully saturated rings. The fourth-order valence-corrected chi connectivity index (χ4v) is 6.54. The number of carbonyl (C=O) groups is 3. The van der Waals surface area contributed by atoms with Crippen LogP contribution in [0.4, 0.5) is 10.1 Å². The van der Waals surface area contributed by atoms with Crippen molar-refractivity contribution in [2.75, 3.05) is 5.32 Å². The van der Waals surface area contributed by atoms with Gasteiger partial charge in [-0.2, -0.15) is 0 Å². The average molecular weight is 751 g/mol. The molecule has 54 heavy (non-hydrogen) atoms. The highest BCUT2D eigenvalue weighted by Gasteiger charge is 2.48. The van der Waals surface area contributed by atoms with Gasteiger partial charge in [-0.25, -0.2) is 9.18 Å². The molecular formula is C39H43FN2O12. The van der Waals surface area contributed by atoms with Crippen LogP contribution in [0.2, 0.25) is 0 Å². The average Bonchev–Trinajstić information content (AvgIpc) is 3.48. The first-order valence-electron chi connectivity index (χ1n) is 17.3. The maximum atomic E-state index is 14.3. The predicted molar refractivity (Wildman–Crippen MR) is 192 cm³/mol. The van der Waals surface area contributed by atoms with E-state index in [2.05, 4.69) is 5.32 Å². The Morgan fingerprint density at radius 1 is 0.870 bits per heavy atom. The second-order valence-electron chi connectivity index (χ2n) is 13.4. The standard InChI is InChI=1S/C39H43FN2O12/c1-20(2)31-30(37(50)41-24-12-14-25(43)15-13-24)29(21-6-4-3-5-7-21)32(22-8-10-23(40)11-9-22)42(31)17-16-26(44)18-27(45)19-28(46)53-39-35(49)33(47)34(48)36(54-39)38(51)52/h3-15,20,26-27,33-36,39,43-45,47-49H,16-19H2,1-2H3,(H,41,50)(H,51,52)/t26-,27-,33-,34-,35-,36?,39+/m1/s1.